The van der Waals surface area contributed by atoms with Gasteiger partial charge in [-0.2, -0.15) is 0 Å². The molecule has 1 aliphatic heterocycles. The van der Waals surface area contributed by atoms with E-state index in [1.165, 1.54) is 18.2 Å². The molecule has 0 amide bonds. The molecule has 0 saturated heterocycles. The third-order valence-electron chi connectivity index (χ3n) is 2.63. The molecular weight excluding hydrogens is 190 g/mol. The molecule has 80 valence electrons. The van der Waals surface area contributed by atoms with E-state index in [9.17, 15) is 4.79 Å². The zero-order valence-corrected chi connectivity index (χ0v) is 8.82. The van der Waals surface area contributed by atoms with E-state index in [0.717, 1.165) is 12.8 Å². The summed E-state index contributed by atoms with van der Waals surface area (Å²) in [4.78, 5) is 10.7. The van der Waals surface area contributed by atoms with Gasteiger partial charge in [-0.25, -0.2) is 0 Å². The van der Waals surface area contributed by atoms with Crippen molar-refractivity contribution in [1.82, 2.24) is 0 Å². The highest BCUT2D eigenvalue weighted by Crippen LogP contribution is 2.24. The maximum atomic E-state index is 10.7. The molecule has 1 aromatic carbocycles. The highest BCUT2D eigenvalue weighted by Gasteiger charge is 2.17. The van der Waals surface area contributed by atoms with Gasteiger partial charge in [0, 0.05) is 12.6 Å². The van der Waals surface area contributed by atoms with Crippen LogP contribution in [-0.4, -0.2) is 18.6 Å². The van der Waals surface area contributed by atoms with E-state index in [0.29, 0.717) is 6.61 Å². The van der Waals surface area contributed by atoms with E-state index >= 15 is 0 Å². The van der Waals surface area contributed by atoms with Gasteiger partial charge in [0.05, 0.1) is 6.04 Å². The van der Waals surface area contributed by atoms with Crippen molar-refractivity contribution in [2.45, 2.75) is 25.8 Å². The average Bonchev–Trinajstić information content (AvgIpc) is 2.26. The monoisotopic (exact) mass is 205 g/mol. The normalized spacial score (nSPS) is 18.9. The average molecular weight is 205 g/mol. The maximum absolute atomic E-state index is 10.7. The number of anilines is 1. The summed E-state index contributed by atoms with van der Waals surface area (Å²) >= 11 is 0. The topological polar surface area (TPSA) is 38.3 Å². The van der Waals surface area contributed by atoms with Crippen LogP contribution < -0.4 is 5.32 Å². The molecule has 0 aromatic heterocycles. The molecule has 1 atom stereocenters. The Morgan fingerprint density at radius 1 is 1.53 bits per heavy atom. The number of aryl methyl sites for hydroxylation is 1. The number of rotatable bonds is 2. The lowest BCUT2D eigenvalue weighted by atomic mass is 9.99. The second-order valence-corrected chi connectivity index (χ2v) is 3.84. The fraction of sp³-hybridized carbons (Fsp3) is 0.417. The SMILES string of the molecule is CC(=O)OC[C@@H]1CCc2ccccc2N1. The Morgan fingerprint density at radius 2 is 2.33 bits per heavy atom. The van der Waals surface area contributed by atoms with Crippen LogP contribution in [0.3, 0.4) is 0 Å². The molecule has 3 heteroatoms. The summed E-state index contributed by atoms with van der Waals surface area (Å²) in [5.74, 6) is -0.212. The van der Waals surface area contributed by atoms with Crippen LogP contribution in [0.1, 0.15) is 18.9 Å². The summed E-state index contributed by atoms with van der Waals surface area (Å²) in [6, 6.07) is 8.51. The van der Waals surface area contributed by atoms with Gasteiger partial charge in [0.2, 0.25) is 0 Å². The Kier molecular flexibility index (Phi) is 2.90. The molecule has 0 spiro atoms. The first kappa shape index (κ1) is 10.0. The highest BCUT2D eigenvalue weighted by atomic mass is 16.5. The number of esters is 1. The fourth-order valence-electron chi connectivity index (χ4n) is 1.84. The van der Waals surface area contributed by atoms with Crippen molar-refractivity contribution in [3.05, 3.63) is 29.8 Å². The number of nitrogens with one attached hydrogen (secondary N) is 1. The fourth-order valence-corrected chi connectivity index (χ4v) is 1.84. The van der Waals surface area contributed by atoms with Crippen LogP contribution in [0.15, 0.2) is 24.3 Å². The minimum absolute atomic E-state index is 0.212. The summed E-state index contributed by atoms with van der Waals surface area (Å²) in [7, 11) is 0. The molecule has 15 heavy (non-hydrogen) atoms. The summed E-state index contributed by atoms with van der Waals surface area (Å²) in [6.07, 6.45) is 2.07. The van der Waals surface area contributed by atoms with Crippen LogP contribution in [0.25, 0.3) is 0 Å². The molecule has 0 unspecified atom stereocenters. The number of carbonyl (C=O) groups is 1. The van der Waals surface area contributed by atoms with Crippen molar-refractivity contribution in [1.29, 1.82) is 0 Å². The van der Waals surface area contributed by atoms with E-state index in [-0.39, 0.29) is 12.0 Å². The predicted molar refractivity (Wildman–Crippen MR) is 58.8 cm³/mol. The molecule has 0 saturated carbocycles. The Bertz CT molecular complexity index is 362. The molecule has 3 nitrogen and oxygen atoms in total. The minimum atomic E-state index is -0.212. The van der Waals surface area contributed by atoms with Crippen molar-refractivity contribution in [3.63, 3.8) is 0 Å². The van der Waals surface area contributed by atoms with E-state index in [4.69, 9.17) is 4.74 Å². The number of para-hydroxylation sites is 1. The molecule has 1 aromatic rings. The Labute approximate surface area is 89.4 Å². The molecular formula is C12H15NO2. The molecule has 0 aliphatic carbocycles. The first-order chi connectivity index (χ1) is 7.25. The molecule has 0 radical (unpaired) electrons. The van der Waals surface area contributed by atoms with E-state index in [1.54, 1.807) is 0 Å². The van der Waals surface area contributed by atoms with Crippen LogP contribution in [0, 0.1) is 0 Å². The molecule has 1 heterocycles. The Morgan fingerprint density at radius 3 is 3.13 bits per heavy atom. The van der Waals surface area contributed by atoms with E-state index in [1.807, 2.05) is 12.1 Å². The number of carbonyl (C=O) groups excluding carboxylic acids is 1. The van der Waals surface area contributed by atoms with Crippen LogP contribution >= 0.6 is 0 Å². The van der Waals surface area contributed by atoms with Gasteiger partial charge in [0.15, 0.2) is 0 Å². The largest absolute Gasteiger partial charge is 0.464 e. The lowest BCUT2D eigenvalue weighted by molar-refractivity contribution is -0.141. The van der Waals surface area contributed by atoms with Crippen LogP contribution in [0.5, 0.6) is 0 Å². The van der Waals surface area contributed by atoms with E-state index in [2.05, 4.69) is 17.4 Å². The number of hydrogen-bond donors (Lipinski definition) is 1. The quantitative estimate of drug-likeness (QED) is 0.750. The highest BCUT2D eigenvalue weighted by molar-refractivity contribution is 5.66. The van der Waals surface area contributed by atoms with Gasteiger partial charge in [-0.3, -0.25) is 4.79 Å². The number of benzene rings is 1. The van der Waals surface area contributed by atoms with Crippen LogP contribution in [0.2, 0.25) is 0 Å². The lowest BCUT2D eigenvalue weighted by Gasteiger charge is -2.26. The van der Waals surface area contributed by atoms with Crippen molar-refractivity contribution in [2.75, 3.05) is 11.9 Å². The summed E-state index contributed by atoms with van der Waals surface area (Å²) in [6.45, 7) is 1.90. The second-order valence-electron chi connectivity index (χ2n) is 3.84. The number of fused-ring (bicyclic) bond motifs is 1. The molecule has 0 bridgehead atoms. The van der Waals surface area contributed by atoms with Crippen molar-refractivity contribution >= 4 is 11.7 Å². The second kappa shape index (κ2) is 4.34. The summed E-state index contributed by atoms with van der Waals surface area (Å²) < 4.78 is 4.99. The molecule has 0 fully saturated rings. The van der Waals surface area contributed by atoms with Crippen LogP contribution in [-0.2, 0) is 16.0 Å². The molecule has 2 rings (SSSR count). The number of hydrogen-bond acceptors (Lipinski definition) is 3. The van der Waals surface area contributed by atoms with Crippen molar-refractivity contribution < 1.29 is 9.53 Å². The molecule has 1 N–H and O–H groups in total. The standard InChI is InChI=1S/C12H15NO2/c1-9(14)15-8-11-7-6-10-4-2-3-5-12(10)13-11/h2-5,11,13H,6-8H2,1H3/t11-/m0/s1. The minimum Gasteiger partial charge on any atom is -0.464 e. The first-order valence-corrected chi connectivity index (χ1v) is 5.23. The molecule has 1 aliphatic rings. The van der Waals surface area contributed by atoms with Gasteiger partial charge in [-0.05, 0) is 24.5 Å². The van der Waals surface area contributed by atoms with Crippen LogP contribution in [0.4, 0.5) is 5.69 Å². The Balaban J connectivity index is 1.96. The van der Waals surface area contributed by atoms with Crippen molar-refractivity contribution in [2.24, 2.45) is 0 Å². The van der Waals surface area contributed by atoms with Gasteiger partial charge >= 0.3 is 5.97 Å². The van der Waals surface area contributed by atoms with E-state index < -0.39 is 0 Å². The first-order valence-electron chi connectivity index (χ1n) is 5.23. The maximum Gasteiger partial charge on any atom is 0.302 e. The van der Waals surface area contributed by atoms with Crippen molar-refractivity contribution in [3.8, 4) is 0 Å². The number of ether oxygens (including phenoxy) is 1. The van der Waals surface area contributed by atoms with Gasteiger partial charge < -0.3 is 10.1 Å². The van der Waals surface area contributed by atoms with Gasteiger partial charge in [0.25, 0.3) is 0 Å². The summed E-state index contributed by atoms with van der Waals surface area (Å²) in [5, 5.41) is 3.38. The third kappa shape index (κ3) is 2.49. The van der Waals surface area contributed by atoms with Gasteiger partial charge in [0.1, 0.15) is 6.61 Å². The van der Waals surface area contributed by atoms with Gasteiger partial charge in [-0.15, -0.1) is 0 Å². The summed E-state index contributed by atoms with van der Waals surface area (Å²) in [5.41, 5.74) is 2.51. The Hall–Kier alpha value is -1.51. The zero-order valence-electron chi connectivity index (χ0n) is 8.82. The zero-order chi connectivity index (χ0) is 10.7. The smallest absolute Gasteiger partial charge is 0.302 e. The predicted octanol–water partition coefficient (Wildman–Crippen LogP) is 1.98. The van der Waals surface area contributed by atoms with Gasteiger partial charge in [-0.1, -0.05) is 18.2 Å². The lowest BCUT2D eigenvalue weighted by Crippen LogP contribution is -2.30. The third-order valence-corrected chi connectivity index (χ3v) is 2.63.